The van der Waals surface area contributed by atoms with Crippen molar-refractivity contribution in [2.24, 2.45) is 0 Å². The summed E-state index contributed by atoms with van der Waals surface area (Å²) in [5, 5.41) is 2.43. The topological polar surface area (TPSA) is 38.3 Å². The molecule has 0 bridgehead atoms. The van der Waals surface area contributed by atoms with Gasteiger partial charge in [0.25, 0.3) is 0 Å². The lowest BCUT2D eigenvalue weighted by Gasteiger charge is -2.39. The molecule has 1 N–H and O–H groups in total. The van der Waals surface area contributed by atoms with Crippen molar-refractivity contribution in [3.05, 3.63) is 64.7 Å². The Morgan fingerprint density at radius 1 is 1.12 bits per heavy atom. The third-order valence-corrected chi connectivity index (χ3v) is 4.22. The highest BCUT2D eigenvalue weighted by Crippen LogP contribution is 2.50. The molecule has 0 radical (unpaired) electrons. The average molecular weight is 356 g/mol. The lowest BCUT2D eigenvalue weighted by atomic mass is 9.84. The van der Waals surface area contributed by atoms with E-state index in [-0.39, 0.29) is 22.7 Å². The van der Waals surface area contributed by atoms with Gasteiger partial charge >= 0.3 is 12.3 Å². The lowest BCUT2D eigenvalue weighted by Crippen LogP contribution is -2.50. The van der Waals surface area contributed by atoms with E-state index in [9.17, 15) is 18.0 Å². The highest BCUT2D eigenvalue weighted by Gasteiger charge is 2.61. The molecule has 1 atom stereocenters. The number of carbonyl (C=O) groups excluding carboxylic acids is 1. The fourth-order valence-corrected chi connectivity index (χ4v) is 2.98. The number of cyclic esters (lactones) is 1. The van der Waals surface area contributed by atoms with Crippen LogP contribution in [0.15, 0.2) is 48.5 Å². The number of ether oxygens (including phenoxy) is 1. The van der Waals surface area contributed by atoms with Gasteiger partial charge in [0, 0.05) is 17.0 Å². The monoisotopic (exact) mass is 355 g/mol. The van der Waals surface area contributed by atoms with Crippen molar-refractivity contribution in [2.45, 2.75) is 24.6 Å². The average Bonchev–Trinajstić information content (AvgIpc) is 2.53. The Balaban J connectivity index is 2.06. The summed E-state index contributed by atoms with van der Waals surface area (Å²) in [6.07, 6.45) is -6.24. The van der Waals surface area contributed by atoms with E-state index in [0.29, 0.717) is 0 Å². The van der Waals surface area contributed by atoms with Crippen LogP contribution in [0, 0.1) is 0 Å². The molecule has 3 nitrogen and oxygen atoms in total. The van der Waals surface area contributed by atoms with Crippen molar-refractivity contribution in [3.8, 4) is 0 Å². The predicted molar refractivity (Wildman–Crippen MR) is 84.1 cm³/mol. The van der Waals surface area contributed by atoms with Gasteiger partial charge in [-0.05, 0) is 30.2 Å². The molecule has 1 aliphatic rings. The van der Waals surface area contributed by atoms with E-state index >= 15 is 0 Å². The first-order valence-corrected chi connectivity index (χ1v) is 7.60. The summed E-state index contributed by atoms with van der Waals surface area (Å²) in [4.78, 5) is 11.7. The van der Waals surface area contributed by atoms with Gasteiger partial charge < -0.3 is 4.74 Å². The van der Waals surface area contributed by atoms with Crippen molar-refractivity contribution < 1.29 is 22.7 Å². The second-order valence-electron chi connectivity index (χ2n) is 5.51. The predicted octanol–water partition coefficient (Wildman–Crippen LogP) is 5.29. The number of carbonyl (C=O) groups is 1. The maximum atomic E-state index is 13.9. The number of amides is 1. The molecule has 2 aromatic carbocycles. The summed E-state index contributed by atoms with van der Waals surface area (Å²) in [6.45, 7) is 0. The summed E-state index contributed by atoms with van der Waals surface area (Å²) in [6, 6.07) is 12.7. The number of anilines is 1. The molecule has 7 heteroatoms. The van der Waals surface area contributed by atoms with Crippen LogP contribution < -0.4 is 5.32 Å². The number of hydrogen-bond donors (Lipinski definition) is 1. The first-order valence-electron chi connectivity index (χ1n) is 7.22. The molecular weight excluding hydrogens is 343 g/mol. The van der Waals surface area contributed by atoms with Crippen LogP contribution in [0.4, 0.5) is 23.7 Å². The minimum absolute atomic E-state index is 0.0565. The molecule has 1 unspecified atom stereocenters. The summed E-state index contributed by atoms with van der Waals surface area (Å²) in [5.41, 5.74) is -2.14. The Hall–Kier alpha value is -2.21. The van der Waals surface area contributed by atoms with E-state index in [4.69, 9.17) is 16.3 Å². The van der Waals surface area contributed by atoms with E-state index < -0.39 is 24.3 Å². The lowest BCUT2D eigenvalue weighted by molar-refractivity contribution is -0.267. The molecule has 1 heterocycles. The van der Waals surface area contributed by atoms with Crippen LogP contribution in [0.3, 0.4) is 0 Å². The van der Waals surface area contributed by atoms with Crippen LogP contribution in [0.25, 0.3) is 0 Å². The van der Waals surface area contributed by atoms with E-state index in [1.807, 2.05) is 0 Å². The molecular formula is C17H13ClF3NO2. The number of alkyl halides is 3. The van der Waals surface area contributed by atoms with E-state index in [1.54, 1.807) is 30.3 Å². The minimum atomic E-state index is -4.78. The Labute approximate surface area is 141 Å². The number of aryl methyl sites for hydroxylation is 1. The van der Waals surface area contributed by atoms with Crippen molar-refractivity contribution >= 4 is 23.4 Å². The Morgan fingerprint density at radius 2 is 1.83 bits per heavy atom. The first-order chi connectivity index (χ1) is 11.3. The molecule has 0 saturated heterocycles. The molecule has 1 amide bonds. The van der Waals surface area contributed by atoms with Gasteiger partial charge in [0.1, 0.15) is 0 Å². The summed E-state index contributed by atoms with van der Waals surface area (Å²) in [5.74, 6) is 0. The summed E-state index contributed by atoms with van der Waals surface area (Å²) < 4.78 is 46.6. The third-order valence-electron chi connectivity index (χ3n) is 3.99. The first kappa shape index (κ1) is 16.6. The van der Waals surface area contributed by atoms with Gasteiger partial charge in [0.05, 0.1) is 5.69 Å². The smallest absolute Gasteiger partial charge is 0.428 e. The number of benzene rings is 2. The van der Waals surface area contributed by atoms with Crippen molar-refractivity contribution in [1.82, 2.24) is 0 Å². The SMILES string of the molecule is O=C1Nc2ccc(Cl)cc2C(CCc2ccccc2)(C(F)(F)F)O1. The minimum Gasteiger partial charge on any atom is -0.428 e. The Bertz CT molecular complexity index is 764. The van der Waals surface area contributed by atoms with Gasteiger partial charge in [-0.15, -0.1) is 0 Å². The molecule has 0 saturated carbocycles. The van der Waals surface area contributed by atoms with Crippen molar-refractivity contribution in [1.29, 1.82) is 0 Å². The van der Waals surface area contributed by atoms with Gasteiger partial charge in [-0.3, -0.25) is 5.32 Å². The second kappa shape index (κ2) is 6.02. The zero-order chi connectivity index (χ0) is 17.4. The van der Waals surface area contributed by atoms with Gasteiger partial charge in [0.15, 0.2) is 0 Å². The molecule has 0 spiro atoms. The maximum Gasteiger partial charge on any atom is 0.432 e. The molecule has 0 fully saturated rings. The van der Waals surface area contributed by atoms with Crippen LogP contribution in [0.5, 0.6) is 0 Å². The third kappa shape index (κ3) is 2.94. The fraction of sp³-hybridized carbons (Fsp3) is 0.235. The number of halogens is 4. The maximum absolute atomic E-state index is 13.9. The van der Waals surface area contributed by atoms with Crippen molar-refractivity contribution in [3.63, 3.8) is 0 Å². The van der Waals surface area contributed by atoms with Crippen LogP contribution in [-0.4, -0.2) is 12.3 Å². The van der Waals surface area contributed by atoms with E-state index in [2.05, 4.69) is 5.32 Å². The highest BCUT2D eigenvalue weighted by molar-refractivity contribution is 6.30. The Morgan fingerprint density at radius 3 is 2.50 bits per heavy atom. The standard InChI is InChI=1S/C17H13ClF3NO2/c18-12-6-7-14-13(10-12)16(17(19,20)21,24-15(23)22-14)9-8-11-4-2-1-3-5-11/h1-7,10H,8-9H2,(H,22,23). The van der Waals surface area contributed by atoms with Gasteiger partial charge in [-0.25, -0.2) is 4.79 Å². The molecule has 0 aliphatic carbocycles. The Kier molecular flexibility index (Phi) is 4.17. The van der Waals surface area contributed by atoms with Gasteiger partial charge in [-0.1, -0.05) is 41.9 Å². The number of hydrogen-bond acceptors (Lipinski definition) is 2. The molecule has 2 aromatic rings. The number of fused-ring (bicyclic) bond motifs is 1. The summed E-state index contributed by atoms with van der Waals surface area (Å²) >= 11 is 5.87. The zero-order valence-corrected chi connectivity index (χ0v) is 13.1. The van der Waals surface area contributed by atoms with Crippen LogP contribution in [-0.2, 0) is 16.8 Å². The van der Waals surface area contributed by atoms with Crippen LogP contribution in [0.2, 0.25) is 5.02 Å². The number of nitrogens with one attached hydrogen (secondary N) is 1. The highest BCUT2D eigenvalue weighted by atomic mass is 35.5. The molecule has 1 aliphatic heterocycles. The molecule has 0 aromatic heterocycles. The van der Waals surface area contributed by atoms with Crippen LogP contribution >= 0.6 is 11.6 Å². The molecule has 126 valence electrons. The largest absolute Gasteiger partial charge is 0.432 e. The van der Waals surface area contributed by atoms with Crippen LogP contribution in [0.1, 0.15) is 17.5 Å². The molecule has 24 heavy (non-hydrogen) atoms. The van der Waals surface area contributed by atoms with E-state index in [0.717, 1.165) is 5.56 Å². The zero-order valence-electron chi connectivity index (χ0n) is 12.4. The number of rotatable bonds is 3. The van der Waals surface area contributed by atoms with Gasteiger partial charge in [0.2, 0.25) is 5.60 Å². The quantitative estimate of drug-likeness (QED) is 0.812. The molecule has 3 rings (SSSR count). The van der Waals surface area contributed by atoms with Crippen molar-refractivity contribution in [2.75, 3.05) is 5.32 Å². The fourth-order valence-electron chi connectivity index (χ4n) is 2.81. The van der Waals surface area contributed by atoms with E-state index in [1.165, 1.54) is 18.2 Å². The summed E-state index contributed by atoms with van der Waals surface area (Å²) in [7, 11) is 0. The normalized spacial score (nSPS) is 20.1. The second-order valence-corrected chi connectivity index (χ2v) is 5.95. The van der Waals surface area contributed by atoms with Gasteiger partial charge in [-0.2, -0.15) is 13.2 Å².